The predicted octanol–water partition coefficient (Wildman–Crippen LogP) is 5.24. The number of benzene rings is 1. The molecule has 4 aromatic rings. The Kier molecular flexibility index (Phi) is 5.82. The van der Waals surface area contributed by atoms with Gasteiger partial charge < -0.3 is 10.3 Å². The van der Waals surface area contributed by atoms with E-state index in [1.165, 1.54) is 26.9 Å². The fraction of sp³-hybridized carbons (Fsp3) is 0.222. The Morgan fingerprint density at radius 3 is 2.72 bits per heavy atom. The van der Waals surface area contributed by atoms with Crippen molar-refractivity contribution in [2.45, 2.75) is 31.2 Å². The molecule has 0 radical (unpaired) electrons. The molecule has 0 fully saturated rings. The van der Waals surface area contributed by atoms with E-state index in [1.807, 2.05) is 0 Å². The Labute approximate surface area is 185 Å². The van der Waals surface area contributed by atoms with Crippen molar-refractivity contribution in [1.29, 1.82) is 0 Å². The van der Waals surface area contributed by atoms with Gasteiger partial charge >= 0.3 is 0 Å². The van der Waals surface area contributed by atoms with Crippen molar-refractivity contribution < 1.29 is 4.42 Å². The van der Waals surface area contributed by atoms with Gasteiger partial charge in [0.15, 0.2) is 5.82 Å². The number of halogens is 2. The lowest BCUT2D eigenvalue weighted by Crippen LogP contribution is -2.11. The predicted molar refractivity (Wildman–Crippen MR) is 117 cm³/mol. The first-order valence-corrected chi connectivity index (χ1v) is 11.2. The second-order valence-electron chi connectivity index (χ2n) is 6.16. The SMILES string of the molecule is CCc1sc(-c2nnc(CSc3nnc(-c4ccc(Cl)cc4Cl)n3N)o2)cc1C. The van der Waals surface area contributed by atoms with Gasteiger partial charge in [0.05, 0.1) is 15.7 Å². The Hall–Kier alpha value is -2.07. The van der Waals surface area contributed by atoms with Gasteiger partial charge in [-0.3, -0.25) is 0 Å². The molecular formula is C18H16Cl2N6OS2. The third kappa shape index (κ3) is 4.13. The summed E-state index contributed by atoms with van der Waals surface area (Å²) in [7, 11) is 0. The maximum Gasteiger partial charge on any atom is 0.257 e. The summed E-state index contributed by atoms with van der Waals surface area (Å²) in [5.41, 5.74) is 1.89. The zero-order valence-corrected chi connectivity index (χ0v) is 18.7. The quantitative estimate of drug-likeness (QED) is 0.306. The molecule has 0 unspecified atom stereocenters. The van der Waals surface area contributed by atoms with Gasteiger partial charge in [0.1, 0.15) is 0 Å². The summed E-state index contributed by atoms with van der Waals surface area (Å²) in [6.07, 6.45) is 0.986. The van der Waals surface area contributed by atoms with E-state index in [4.69, 9.17) is 33.5 Å². The molecule has 4 rings (SSSR count). The molecule has 0 aliphatic heterocycles. The summed E-state index contributed by atoms with van der Waals surface area (Å²) in [5, 5.41) is 18.1. The third-order valence-electron chi connectivity index (χ3n) is 4.18. The molecule has 0 spiro atoms. The zero-order valence-electron chi connectivity index (χ0n) is 15.5. The van der Waals surface area contributed by atoms with Gasteiger partial charge in [0.2, 0.25) is 11.0 Å². The van der Waals surface area contributed by atoms with Crippen LogP contribution in [0.4, 0.5) is 0 Å². The molecule has 0 aliphatic carbocycles. The summed E-state index contributed by atoms with van der Waals surface area (Å²) >= 11 is 15.2. The first-order chi connectivity index (χ1) is 14.0. The van der Waals surface area contributed by atoms with Gasteiger partial charge in [-0.2, -0.15) is 0 Å². The molecule has 3 aromatic heterocycles. The summed E-state index contributed by atoms with van der Waals surface area (Å²) in [5.74, 6) is 8.03. The molecule has 7 nitrogen and oxygen atoms in total. The number of nitrogen functional groups attached to an aromatic ring is 1. The van der Waals surface area contributed by atoms with Crippen molar-refractivity contribution in [2.75, 3.05) is 5.84 Å². The molecule has 0 atom stereocenters. The second-order valence-corrected chi connectivity index (χ2v) is 9.08. The van der Waals surface area contributed by atoms with E-state index in [0.29, 0.717) is 44.1 Å². The molecule has 29 heavy (non-hydrogen) atoms. The van der Waals surface area contributed by atoms with Gasteiger partial charge in [-0.1, -0.05) is 41.9 Å². The monoisotopic (exact) mass is 466 g/mol. The van der Waals surface area contributed by atoms with Gasteiger partial charge in [-0.05, 0) is 43.2 Å². The zero-order chi connectivity index (χ0) is 20.5. The van der Waals surface area contributed by atoms with Crippen LogP contribution in [0.3, 0.4) is 0 Å². The first kappa shape index (κ1) is 20.2. The van der Waals surface area contributed by atoms with Gasteiger partial charge in [0, 0.05) is 15.5 Å². The average molecular weight is 467 g/mol. The maximum atomic E-state index is 6.24. The highest BCUT2D eigenvalue weighted by Crippen LogP contribution is 2.33. The maximum absolute atomic E-state index is 6.24. The molecule has 150 valence electrons. The van der Waals surface area contributed by atoms with E-state index >= 15 is 0 Å². The van der Waals surface area contributed by atoms with Gasteiger partial charge in [0.25, 0.3) is 5.89 Å². The largest absolute Gasteiger partial charge is 0.419 e. The van der Waals surface area contributed by atoms with Crippen molar-refractivity contribution in [1.82, 2.24) is 25.1 Å². The first-order valence-electron chi connectivity index (χ1n) is 8.67. The van der Waals surface area contributed by atoms with Gasteiger partial charge in [-0.25, -0.2) is 4.68 Å². The highest BCUT2D eigenvalue weighted by molar-refractivity contribution is 7.98. The number of nitrogens with two attached hydrogens (primary N) is 1. The average Bonchev–Trinajstić information content (AvgIpc) is 3.39. The number of nitrogens with zero attached hydrogens (tertiary/aromatic N) is 5. The number of rotatable bonds is 6. The molecule has 0 aliphatic rings. The van der Waals surface area contributed by atoms with Gasteiger partial charge in [-0.15, -0.1) is 31.7 Å². The highest BCUT2D eigenvalue weighted by atomic mass is 35.5. The molecule has 0 saturated carbocycles. The van der Waals surface area contributed by atoms with Crippen LogP contribution in [-0.2, 0) is 12.2 Å². The lowest BCUT2D eigenvalue weighted by molar-refractivity contribution is 0.529. The van der Waals surface area contributed by atoms with Crippen LogP contribution in [0.2, 0.25) is 10.0 Å². The van der Waals surface area contributed by atoms with E-state index < -0.39 is 0 Å². The van der Waals surface area contributed by atoms with Crippen LogP contribution < -0.4 is 5.84 Å². The van der Waals surface area contributed by atoms with Crippen molar-refractivity contribution in [3.63, 3.8) is 0 Å². The van der Waals surface area contributed by atoms with Crippen LogP contribution in [-0.4, -0.2) is 25.1 Å². The molecule has 3 heterocycles. The third-order valence-corrected chi connectivity index (χ3v) is 7.03. The molecule has 0 saturated heterocycles. The molecule has 11 heteroatoms. The van der Waals surface area contributed by atoms with E-state index in [-0.39, 0.29) is 0 Å². The van der Waals surface area contributed by atoms with E-state index in [9.17, 15) is 0 Å². The Morgan fingerprint density at radius 2 is 2.00 bits per heavy atom. The number of aryl methyl sites for hydroxylation is 2. The minimum absolute atomic E-state index is 0.418. The molecule has 0 bridgehead atoms. The molecule has 1 aromatic carbocycles. The van der Waals surface area contributed by atoms with E-state index in [2.05, 4.69) is 40.3 Å². The number of thioether (sulfide) groups is 1. The number of aromatic nitrogens is 5. The van der Waals surface area contributed by atoms with Crippen molar-refractivity contribution >= 4 is 46.3 Å². The summed E-state index contributed by atoms with van der Waals surface area (Å²) in [6, 6.07) is 7.19. The van der Waals surface area contributed by atoms with Crippen LogP contribution in [0.1, 0.15) is 23.3 Å². The lowest BCUT2D eigenvalue weighted by Gasteiger charge is -2.05. The van der Waals surface area contributed by atoms with Crippen molar-refractivity contribution in [2.24, 2.45) is 0 Å². The van der Waals surface area contributed by atoms with Crippen LogP contribution >= 0.6 is 46.3 Å². The van der Waals surface area contributed by atoms with E-state index in [0.717, 1.165) is 11.3 Å². The van der Waals surface area contributed by atoms with Crippen LogP contribution in [0.25, 0.3) is 22.2 Å². The Morgan fingerprint density at radius 1 is 1.17 bits per heavy atom. The second kappa shape index (κ2) is 8.35. The highest BCUT2D eigenvalue weighted by Gasteiger charge is 2.17. The van der Waals surface area contributed by atoms with E-state index in [1.54, 1.807) is 29.5 Å². The number of thiophene rings is 1. The van der Waals surface area contributed by atoms with Crippen LogP contribution in [0.15, 0.2) is 33.8 Å². The summed E-state index contributed by atoms with van der Waals surface area (Å²) in [4.78, 5) is 2.29. The minimum atomic E-state index is 0.418. The normalized spacial score (nSPS) is 11.3. The molecular weight excluding hydrogens is 451 g/mol. The summed E-state index contributed by atoms with van der Waals surface area (Å²) in [6.45, 7) is 4.22. The topological polar surface area (TPSA) is 95.7 Å². The van der Waals surface area contributed by atoms with Crippen molar-refractivity contribution in [3.8, 4) is 22.2 Å². The Balaban J connectivity index is 1.49. The fourth-order valence-electron chi connectivity index (χ4n) is 2.74. The molecule has 0 amide bonds. The fourth-order valence-corrected chi connectivity index (χ4v) is 4.97. The number of hydrogen-bond acceptors (Lipinski definition) is 8. The van der Waals surface area contributed by atoms with Crippen molar-refractivity contribution in [3.05, 3.63) is 50.6 Å². The minimum Gasteiger partial charge on any atom is -0.419 e. The van der Waals surface area contributed by atoms with Crippen LogP contribution in [0, 0.1) is 6.92 Å². The smallest absolute Gasteiger partial charge is 0.257 e. The Bertz CT molecular complexity index is 1170. The number of hydrogen-bond donors (Lipinski definition) is 1. The summed E-state index contributed by atoms with van der Waals surface area (Å²) < 4.78 is 7.18. The molecule has 2 N–H and O–H groups in total. The standard InChI is InChI=1S/C18H16Cl2N6OS2/c1-3-13-9(2)6-14(29-13)17-24-22-15(27-17)8-28-18-25-23-16(26(18)21)11-5-4-10(19)7-12(11)20/h4-7H,3,8,21H2,1-2H3. The van der Waals surface area contributed by atoms with Crippen LogP contribution in [0.5, 0.6) is 0 Å². The lowest BCUT2D eigenvalue weighted by atomic mass is 10.2.